The third-order valence-corrected chi connectivity index (χ3v) is 8.56. The SMILES string of the molecule is CC(C)[C@H](NC(=O)OCC1c2ccccc2-c2ccccc21)C(=O)N[C@@H](C)C(=O)NCC(=O)N1CCc2cc(C(N)=O)cc([N+](=O)[O-])c21. The van der Waals surface area contributed by atoms with Crippen LogP contribution < -0.4 is 26.6 Å². The Balaban J connectivity index is 1.14. The Morgan fingerprint density at radius 3 is 2.17 bits per heavy atom. The predicted octanol–water partition coefficient (Wildman–Crippen LogP) is 2.77. The first kappa shape index (κ1) is 33.6. The lowest BCUT2D eigenvalue weighted by Gasteiger charge is -2.24. The second-order valence-electron chi connectivity index (χ2n) is 12.1. The fourth-order valence-electron chi connectivity index (χ4n) is 6.14. The van der Waals surface area contributed by atoms with E-state index < -0.39 is 59.0 Å². The minimum absolute atomic E-state index is 0.0413. The normalized spacial score (nSPS) is 14.3. The van der Waals surface area contributed by atoms with Crippen molar-refractivity contribution in [3.8, 4) is 11.1 Å². The Bertz CT molecular complexity index is 1760. The Morgan fingerprint density at radius 2 is 1.58 bits per heavy atom. The van der Waals surface area contributed by atoms with E-state index >= 15 is 0 Å². The summed E-state index contributed by atoms with van der Waals surface area (Å²) in [5.41, 5.74) is 9.54. The van der Waals surface area contributed by atoms with E-state index in [-0.39, 0.29) is 42.7 Å². The molecule has 1 heterocycles. The van der Waals surface area contributed by atoms with Gasteiger partial charge in [-0.2, -0.15) is 0 Å². The molecule has 3 aromatic rings. The number of benzene rings is 3. The highest BCUT2D eigenvalue weighted by atomic mass is 16.6. The van der Waals surface area contributed by atoms with Gasteiger partial charge >= 0.3 is 6.09 Å². The quantitative estimate of drug-likeness (QED) is 0.178. The van der Waals surface area contributed by atoms with E-state index in [4.69, 9.17) is 10.5 Å². The van der Waals surface area contributed by atoms with Gasteiger partial charge in [0.05, 0.1) is 11.5 Å². The van der Waals surface area contributed by atoms with Crippen molar-refractivity contribution < 1.29 is 33.6 Å². The van der Waals surface area contributed by atoms with E-state index in [0.29, 0.717) is 5.56 Å². The molecule has 2 aliphatic rings. The molecule has 5 N–H and O–H groups in total. The average Bonchev–Trinajstić information content (AvgIpc) is 3.63. The third-order valence-electron chi connectivity index (χ3n) is 8.56. The molecule has 0 fully saturated rings. The molecule has 14 nitrogen and oxygen atoms in total. The van der Waals surface area contributed by atoms with Crippen LogP contribution in [0.15, 0.2) is 60.7 Å². The molecule has 3 aromatic carbocycles. The standard InChI is InChI=1S/C34H36N6O8/c1-18(2)29(38-34(45)48-17-26-24-10-6-4-8-22(24)23-9-5-7-11-25(23)26)33(44)37-19(3)32(43)36-16-28(41)39-13-12-20-14-21(31(35)42)15-27(30(20)39)40(46)47/h4-11,14-15,18-19,26,29H,12-13,16-17H2,1-3H3,(H2,35,42)(H,36,43)(H,37,44)(H,38,45)/t19-,29-/m0/s1. The zero-order valence-corrected chi connectivity index (χ0v) is 26.6. The van der Waals surface area contributed by atoms with Crippen LogP contribution in [-0.4, -0.2) is 66.4 Å². The zero-order chi connectivity index (χ0) is 34.7. The third kappa shape index (κ3) is 6.82. The molecule has 0 unspecified atom stereocenters. The summed E-state index contributed by atoms with van der Waals surface area (Å²) in [7, 11) is 0. The summed E-state index contributed by atoms with van der Waals surface area (Å²) >= 11 is 0. The summed E-state index contributed by atoms with van der Waals surface area (Å²) in [5.74, 6) is -3.27. The second-order valence-corrected chi connectivity index (χ2v) is 12.1. The Labute approximate surface area is 276 Å². The number of hydrogen-bond acceptors (Lipinski definition) is 8. The lowest BCUT2D eigenvalue weighted by atomic mass is 9.98. The van der Waals surface area contributed by atoms with E-state index in [0.717, 1.165) is 28.3 Å². The van der Waals surface area contributed by atoms with Crippen molar-refractivity contribution in [1.29, 1.82) is 0 Å². The molecule has 1 aliphatic heterocycles. The number of carbonyl (C=O) groups excluding carboxylic acids is 5. The number of anilines is 1. The molecule has 14 heteroatoms. The molecule has 0 bridgehead atoms. The zero-order valence-electron chi connectivity index (χ0n) is 26.6. The number of fused-ring (bicyclic) bond motifs is 4. The van der Waals surface area contributed by atoms with Crippen LogP contribution in [0.5, 0.6) is 0 Å². The summed E-state index contributed by atoms with van der Waals surface area (Å²) in [6, 6.07) is 16.2. The van der Waals surface area contributed by atoms with Crippen LogP contribution in [0.3, 0.4) is 0 Å². The highest BCUT2D eigenvalue weighted by molar-refractivity contribution is 6.03. The average molecular weight is 657 g/mol. The van der Waals surface area contributed by atoms with Crippen LogP contribution in [0.25, 0.3) is 11.1 Å². The smallest absolute Gasteiger partial charge is 0.407 e. The molecule has 0 spiro atoms. The van der Waals surface area contributed by atoms with E-state index in [1.165, 1.54) is 17.9 Å². The summed E-state index contributed by atoms with van der Waals surface area (Å²) in [6.45, 7) is 4.56. The first-order valence-corrected chi connectivity index (χ1v) is 15.5. The van der Waals surface area contributed by atoms with Crippen molar-refractivity contribution in [1.82, 2.24) is 16.0 Å². The van der Waals surface area contributed by atoms with Gasteiger partial charge in [0.1, 0.15) is 24.4 Å². The molecule has 5 amide bonds. The predicted molar refractivity (Wildman–Crippen MR) is 175 cm³/mol. The number of nitrogens with zero attached hydrogens (tertiary/aromatic N) is 2. The molecule has 1 aliphatic carbocycles. The number of nitro groups is 1. The molecule has 0 aromatic heterocycles. The fraction of sp³-hybridized carbons (Fsp3) is 0.324. The van der Waals surface area contributed by atoms with Gasteiger partial charge in [0.2, 0.25) is 23.6 Å². The molecule has 5 rings (SSSR count). The van der Waals surface area contributed by atoms with Crippen LogP contribution in [0.2, 0.25) is 0 Å². The van der Waals surface area contributed by atoms with Crippen molar-refractivity contribution in [3.63, 3.8) is 0 Å². The monoisotopic (exact) mass is 656 g/mol. The van der Waals surface area contributed by atoms with Crippen LogP contribution in [0.1, 0.15) is 53.7 Å². The van der Waals surface area contributed by atoms with Crippen molar-refractivity contribution in [2.24, 2.45) is 11.7 Å². The van der Waals surface area contributed by atoms with E-state index in [1.54, 1.807) is 13.8 Å². The molecule has 0 saturated heterocycles. The second kappa shape index (κ2) is 13.9. The van der Waals surface area contributed by atoms with Gasteiger partial charge in [0.15, 0.2) is 0 Å². The number of primary amides is 1. The van der Waals surface area contributed by atoms with Crippen molar-refractivity contribution >= 4 is 41.1 Å². The Kier molecular flexibility index (Phi) is 9.73. The highest BCUT2D eigenvalue weighted by Crippen LogP contribution is 2.44. The van der Waals surface area contributed by atoms with Crippen molar-refractivity contribution in [2.45, 2.75) is 45.2 Å². The van der Waals surface area contributed by atoms with Gasteiger partial charge < -0.3 is 31.3 Å². The lowest BCUT2D eigenvalue weighted by molar-refractivity contribution is -0.384. The number of alkyl carbamates (subject to hydrolysis) is 1. The molecule has 250 valence electrons. The highest BCUT2D eigenvalue weighted by Gasteiger charge is 2.35. The number of rotatable bonds is 11. The van der Waals surface area contributed by atoms with Gasteiger partial charge in [-0.3, -0.25) is 29.3 Å². The molecular weight excluding hydrogens is 620 g/mol. The van der Waals surface area contributed by atoms with Gasteiger partial charge in [-0.25, -0.2) is 4.79 Å². The van der Waals surface area contributed by atoms with E-state index in [9.17, 15) is 34.1 Å². The summed E-state index contributed by atoms with van der Waals surface area (Å²) in [6.07, 6.45) is -0.521. The number of ether oxygens (including phenoxy) is 1. The first-order chi connectivity index (χ1) is 22.9. The lowest BCUT2D eigenvalue weighted by Crippen LogP contribution is -2.55. The van der Waals surface area contributed by atoms with Crippen LogP contribution >= 0.6 is 0 Å². The van der Waals surface area contributed by atoms with E-state index in [1.807, 2.05) is 48.5 Å². The Morgan fingerprint density at radius 1 is 0.958 bits per heavy atom. The van der Waals surface area contributed by atoms with E-state index in [2.05, 4.69) is 16.0 Å². The number of nitrogens with one attached hydrogen (secondary N) is 3. The maximum atomic E-state index is 13.2. The minimum atomic E-state index is -1.09. The number of nitrogens with two attached hydrogens (primary N) is 1. The molecule has 2 atom stereocenters. The van der Waals surface area contributed by atoms with Gasteiger partial charge in [0.25, 0.3) is 5.69 Å². The van der Waals surface area contributed by atoms with Gasteiger partial charge in [-0.05, 0) is 53.1 Å². The number of amides is 5. The van der Waals surface area contributed by atoms with Crippen molar-refractivity contribution in [3.05, 3.63) is 93.0 Å². The summed E-state index contributed by atoms with van der Waals surface area (Å²) in [5, 5.41) is 19.3. The summed E-state index contributed by atoms with van der Waals surface area (Å²) < 4.78 is 5.59. The van der Waals surface area contributed by atoms with Crippen LogP contribution in [0, 0.1) is 16.0 Å². The Hall–Kier alpha value is -5.79. The fourth-order valence-corrected chi connectivity index (χ4v) is 6.14. The maximum Gasteiger partial charge on any atom is 0.407 e. The molecule has 0 radical (unpaired) electrons. The van der Waals surface area contributed by atoms with Gasteiger partial charge in [0, 0.05) is 24.1 Å². The largest absolute Gasteiger partial charge is 0.449 e. The van der Waals surface area contributed by atoms with Gasteiger partial charge in [-0.15, -0.1) is 0 Å². The van der Waals surface area contributed by atoms with Gasteiger partial charge in [-0.1, -0.05) is 62.4 Å². The molecular formula is C34H36N6O8. The minimum Gasteiger partial charge on any atom is -0.449 e. The van der Waals surface area contributed by atoms with Crippen LogP contribution in [-0.2, 0) is 25.5 Å². The molecule has 48 heavy (non-hydrogen) atoms. The van der Waals surface area contributed by atoms with Crippen LogP contribution in [0.4, 0.5) is 16.2 Å². The number of nitro benzene ring substituents is 1. The maximum absolute atomic E-state index is 13.2. The topological polar surface area (TPSA) is 203 Å². The van der Waals surface area contributed by atoms with Crippen molar-refractivity contribution in [2.75, 3.05) is 24.6 Å². The first-order valence-electron chi connectivity index (χ1n) is 15.5. The molecule has 0 saturated carbocycles. The number of carbonyl (C=O) groups is 5. The number of hydrogen-bond donors (Lipinski definition) is 4. The summed E-state index contributed by atoms with van der Waals surface area (Å²) in [4.78, 5) is 75.6.